The Balaban J connectivity index is 2.12. The van der Waals surface area contributed by atoms with Gasteiger partial charge in [-0.25, -0.2) is 0 Å². The van der Waals surface area contributed by atoms with Crippen molar-refractivity contribution in [2.75, 3.05) is 0 Å². The van der Waals surface area contributed by atoms with Gasteiger partial charge in [-0.15, -0.1) is 0 Å². The van der Waals surface area contributed by atoms with Gasteiger partial charge in [0.25, 0.3) is 0 Å². The summed E-state index contributed by atoms with van der Waals surface area (Å²) in [5.74, 6) is 0. The molecule has 1 aromatic rings. The Morgan fingerprint density at radius 3 is 2.22 bits per heavy atom. The molecule has 0 atom stereocenters. The topological polar surface area (TPSA) is 18.5 Å². The maximum absolute atomic E-state index is 5.98. The predicted molar refractivity (Wildman–Crippen MR) is 78.9 cm³/mol. The van der Waals surface area contributed by atoms with Gasteiger partial charge >= 0.3 is 7.12 Å². The van der Waals surface area contributed by atoms with Crippen LogP contribution in [0.5, 0.6) is 0 Å². The molecule has 1 saturated heterocycles. The fourth-order valence-corrected chi connectivity index (χ4v) is 2.76. The van der Waals surface area contributed by atoms with E-state index in [1.165, 1.54) is 0 Å². The van der Waals surface area contributed by atoms with Crippen LogP contribution in [0.4, 0.5) is 0 Å². The molecule has 5 heteroatoms. The Hall–Kier alpha value is -0.0251. The highest BCUT2D eigenvalue weighted by molar-refractivity contribution is 9.10. The van der Waals surface area contributed by atoms with E-state index in [2.05, 4.69) is 43.6 Å². The Bertz CT molecular complexity index is 446. The number of benzene rings is 1. The molecule has 1 aliphatic rings. The van der Waals surface area contributed by atoms with Crippen molar-refractivity contribution in [1.82, 2.24) is 0 Å². The van der Waals surface area contributed by atoms with Crippen LogP contribution >= 0.6 is 27.5 Å². The lowest BCUT2D eigenvalue weighted by Crippen LogP contribution is -2.41. The molecule has 0 aliphatic carbocycles. The molecule has 0 bridgehead atoms. The van der Waals surface area contributed by atoms with Crippen molar-refractivity contribution in [2.24, 2.45) is 0 Å². The minimum absolute atomic E-state index is 0.215. The first-order valence-electron chi connectivity index (χ1n) is 6.01. The van der Waals surface area contributed by atoms with Crippen LogP contribution in [0.3, 0.4) is 0 Å². The first kappa shape index (κ1) is 14.4. The van der Waals surface area contributed by atoms with Crippen molar-refractivity contribution in [1.29, 1.82) is 0 Å². The Labute approximate surface area is 122 Å². The Morgan fingerprint density at radius 1 is 1.17 bits per heavy atom. The third-order valence-corrected chi connectivity index (χ3v) is 4.68. The molecule has 18 heavy (non-hydrogen) atoms. The summed E-state index contributed by atoms with van der Waals surface area (Å²) in [4.78, 5) is 0. The average Bonchev–Trinajstić information content (AvgIpc) is 2.40. The van der Waals surface area contributed by atoms with Gasteiger partial charge in [-0.05, 0) is 45.4 Å². The lowest BCUT2D eigenvalue weighted by atomic mass is 9.81. The van der Waals surface area contributed by atoms with Crippen molar-refractivity contribution < 1.29 is 9.31 Å². The highest BCUT2D eigenvalue weighted by Crippen LogP contribution is 2.38. The number of rotatable bonds is 2. The molecular formula is C13H17BBrClO2. The van der Waals surface area contributed by atoms with E-state index in [1.807, 2.05) is 18.2 Å². The van der Waals surface area contributed by atoms with E-state index >= 15 is 0 Å². The van der Waals surface area contributed by atoms with Gasteiger partial charge in [0.2, 0.25) is 0 Å². The largest absolute Gasteiger partial charge is 0.462 e. The zero-order valence-electron chi connectivity index (χ0n) is 11.1. The normalized spacial score (nSPS) is 21.3. The van der Waals surface area contributed by atoms with Crippen molar-refractivity contribution in [3.63, 3.8) is 0 Å². The summed E-state index contributed by atoms with van der Waals surface area (Å²) in [5.41, 5.74) is 0.575. The maximum atomic E-state index is 5.98. The van der Waals surface area contributed by atoms with E-state index < -0.39 is 0 Å². The van der Waals surface area contributed by atoms with Gasteiger partial charge in [0.05, 0.1) is 11.2 Å². The monoisotopic (exact) mass is 330 g/mol. The van der Waals surface area contributed by atoms with E-state index in [-0.39, 0.29) is 18.3 Å². The molecule has 1 fully saturated rings. The molecule has 0 spiro atoms. The van der Waals surface area contributed by atoms with Crippen LogP contribution < -0.4 is 0 Å². The van der Waals surface area contributed by atoms with Gasteiger partial charge in [-0.2, -0.15) is 0 Å². The van der Waals surface area contributed by atoms with Gasteiger partial charge in [0.1, 0.15) is 0 Å². The molecular weight excluding hydrogens is 314 g/mol. The fraction of sp³-hybridized carbons (Fsp3) is 0.538. The molecule has 0 radical (unpaired) electrons. The molecule has 1 aromatic carbocycles. The van der Waals surface area contributed by atoms with Gasteiger partial charge in [-0.1, -0.05) is 33.6 Å². The highest BCUT2D eigenvalue weighted by Gasteiger charge is 2.50. The van der Waals surface area contributed by atoms with Crippen molar-refractivity contribution in [2.45, 2.75) is 45.2 Å². The number of halogens is 2. The van der Waals surface area contributed by atoms with Crippen molar-refractivity contribution in [3.8, 4) is 0 Å². The molecule has 0 N–H and O–H groups in total. The van der Waals surface area contributed by atoms with Gasteiger partial charge in [0, 0.05) is 15.8 Å². The second-order valence-corrected chi connectivity index (χ2v) is 6.92. The third-order valence-electron chi connectivity index (χ3n) is 3.70. The van der Waals surface area contributed by atoms with Crippen LogP contribution in [0.1, 0.15) is 33.3 Å². The van der Waals surface area contributed by atoms with Crippen LogP contribution in [0.15, 0.2) is 22.7 Å². The zero-order chi connectivity index (χ0) is 13.6. The van der Waals surface area contributed by atoms with Gasteiger partial charge < -0.3 is 9.31 Å². The molecule has 0 unspecified atom stereocenters. The van der Waals surface area contributed by atoms with E-state index in [0.29, 0.717) is 6.32 Å². The van der Waals surface area contributed by atoms with E-state index in [9.17, 15) is 0 Å². The average molecular weight is 331 g/mol. The smallest absolute Gasteiger partial charge is 0.403 e. The molecule has 98 valence electrons. The summed E-state index contributed by atoms with van der Waals surface area (Å²) in [7, 11) is -0.215. The second-order valence-electron chi connectivity index (χ2n) is 5.63. The zero-order valence-corrected chi connectivity index (χ0v) is 13.4. The maximum Gasteiger partial charge on any atom is 0.462 e. The van der Waals surface area contributed by atoms with Crippen LogP contribution in [0, 0.1) is 0 Å². The molecule has 1 heterocycles. The molecule has 2 nitrogen and oxygen atoms in total. The first-order valence-corrected chi connectivity index (χ1v) is 7.18. The molecule has 1 aliphatic heterocycles. The van der Waals surface area contributed by atoms with Crippen molar-refractivity contribution in [3.05, 3.63) is 33.3 Å². The highest BCUT2D eigenvalue weighted by atomic mass is 79.9. The summed E-state index contributed by atoms with van der Waals surface area (Å²) >= 11 is 9.45. The quantitative estimate of drug-likeness (QED) is 0.753. The Morgan fingerprint density at radius 2 is 1.72 bits per heavy atom. The fourth-order valence-electron chi connectivity index (χ4n) is 1.92. The summed E-state index contributed by atoms with van der Waals surface area (Å²) in [5, 5.41) is 0.722. The Kier molecular flexibility index (Phi) is 3.85. The number of hydrogen-bond donors (Lipinski definition) is 0. The van der Waals surface area contributed by atoms with Crippen LogP contribution in [-0.2, 0) is 15.6 Å². The lowest BCUT2D eigenvalue weighted by Gasteiger charge is -2.32. The molecule has 0 saturated carbocycles. The summed E-state index contributed by atoms with van der Waals surface area (Å²) < 4.78 is 12.9. The van der Waals surface area contributed by atoms with Crippen LogP contribution in [0.2, 0.25) is 5.02 Å². The summed E-state index contributed by atoms with van der Waals surface area (Å²) in [6, 6.07) is 5.77. The van der Waals surface area contributed by atoms with Crippen LogP contribution in [-0.4, -0.2) is 18.3 Å². The minimum atomic E-state index is -0.281. The SMILES string of the molecule is CC1(C)OB(Cc2ccc(Cl)cc2Br)OC1(C)C. The molecule has 0 amide bonds. The van der Waals surface area contributed by atoms with Gasteiger partial charge in [0.15, 0.2) is 0 Å². The standard InChI is InChI=1S/C13H17BBrClO2/c1-12(2)13(3,4)18-14(17-12)8-9-5-6-10(16)7-11(9)15/h5-7H,8H2,1-4H3. The second kappa shape index (κ2) is 4.82. The summed E-state index contributed by atoms with van der Waals surface area (Å²) in [6.45, 7) is 8.24. The predicted octanol–water partition coefficient (Wildman–Crippen LogP) is 4.28. The van der Waals surface area contributed by atoms with E-state index in [1.54, 1.807) is 0 Å². The lowest BCUT2D eigenvalue weighted by molar-refractivity contribution is 0.00578. The first-order chi connectivity index (χ1) is 8.21. The van der Waals surface area contributed by atoms with E-state index in [4.69, 9.17) is 20.9 Å². The number of hydrogen-bond acceptors (Lipinski definition) is 2. The van der Waals surface area contributed by atoms with Gasteiger partial charge in [-0.3, -0.25) is 0 Å². The van der Waals surface area contributed by atoms with E-state index in [0.717, 1.165) is 15.1 Å². The minimum Gasteiger partial charge on any atom is -0.403 e. The summed E-state index contributed by atoms with van der Waals surface area (Å²) in [6.07, 6.45) is 0.713. The van der Waals surface area contributed by atoms with Crippen molar-refractivity contribution >= 4 is 34.6 Å². The van der Waals surface area contributed by atoms with Crippen LogP contribution in [0.25, 0.3) is 0 Å². The molecule has 0 aromatic heterocycles. The third kappa shape index (κ3) is 2.77. The molecule has 2 rings (SSSR count).